The van der Waals surface area contributed by atoms with Crippen LogP contribution in [0.25, 0.3) is 22.3 Å². The number of hydrogen-bond acceptors (Lipinski definition) is 2. The summed E-state index contributed by atoms with van der Waals surface area (Å²) >= 11 is 0. The maximum absolute atomic E-state index is 2.42. The van der Waals surface area contributed by atoms with Crippen LogP contribution in [0.15, 0.2) is 194 Å². The van der Waals surface area contributed by atoms with Crippen LogP contribution >= 0.6 is 0 Å². The van der Waals surface area contributed by atoms with Gasteiger partial charge in [0.15, 0.2) is 0 Å². The minimum atomic E-state index is -0.0419. The van der Waals surface area contributed by atoms with Crippen LogP contribution in [0.2, 0.25) is 0 Å². The van der Waals surface area contributed by atoms with Gasteiger partial charge in [-0.05, 0) is 157 Å². The van der Waals surface area contributed by atoms with E-state index in [1.54, 1.807) is 0 Å². The second-order valence-corrected chi connectivity index (χ2v) is 18.0. The molecule has 1 fully saturated rings. The average Bonchev–Trinajstić information content (AvgIpc) is 3.35. The van der Waals surface area contributed by atoms with Crippen molar-refractivity contribution >= 4 is 34.1 Å². The minimum absolute atomic E-state index is 0.0419. The highest BCUT2D eigenvalue weighted by molar-refractivity contribution is 5.81. The summed E-state index contributed by atoms with van der Waals surface area (Å²) in [5, 5.41) is 0. The van der Waals surface area contributed by atoms with E-state index in [2.05, 4.69) is 232 Å². The number of aryl methyl sites for hydroxylation is 4. The molecule has 0 bridgehead atoms. The van der Waals surface area contributed by atoms with E-state index >= 15 is 0 Å². The number of benzene rings is 8. The summed E-state index contributed by atoms with van der Waals surface area (Å²) in [4.78, 5) is 4.81. The largest absolute Gasteiger partial charge is 0.311 e. The van der Waals surface area contributed by atoms with Crippen molar-refractivity contribution in [3.63, 3.8) is 0 Å². The lowest BCUT2D eigenvalue weighted by Crippen LogP contribution is -2.30. The van der Waals surface area contributed by atoms with Crippen LogP contribution in [0.1, 0.15) is 92.2 Å². The Morgan fingerprint density at radius 2 is 0.672 bits per heavy atom. The van der Waals surface area contributed by atoms with Crippen molar-refractivity contribution in [3.05, 3.63) is 228 Å². The van der Waals surface area contributed by atoms with Crippen molar-refractivity contribution < 1.29 is 0 Å². The lowest BCUT2D eigenvalue weighted by molar-refractivity contribution is 0.346. The summed E-state index contributed by atoms with van der Waals surface area (Å²) in [5.41, 5.74) is 20.3. The maximum Gasteiger partial charge on any atom is 0.0462 e. The highest BCUT2D eigenvalue weighted by Crippen LogP contribution is 2.47. The second-order valence-electron chi connectivity index (χ2n) is 18.0. The molecule has 0 spiro atoms. The van der Waals surface area contributed by atoms with Gasteiger partial charge >= 0.3 is 0 Å². The van der Waals surface area contributed by atoms with E-state index in [4.69, 9.17) is 0 Å². The molecule has 8 aromatic rings. The molecule has 0 amide bonds. The Hall–Kier alpha value is -6.64. The van der Waals surface area contributed by atoms with Gasteiger partial charge in [-0.1, -0.05) is 178 Å². The molecule has 1 saturated carbocycles. The fourth-order valence-corrected chi connectivity index (χ4v) is 10.2. The molecule has 64 heavy (non-hydrogen) atoms. The van der Waals surface area contributed by atoms with Crippen molar-refractivity contribution in [2.45, 2.75) is 90.9 Å². The predicted molar refractivity (Wildman–Crippen MR) is 274 cm³/mol. The zero-order chi connectivity index (χ0) is 43.9. The molecular weight excluding hydrogens is 773 g/mol. The molecule has 2 heteroatoms. The number of nitrogens with zero attached hydrogens (tertiary/aromatic N) is 2. The van der Waals surface area contributed by atoms with Crippen LogP contribution in [0.4, 0.5) is 34.1 Å². The Labute approximate surface area is 382 Å². The lowest BCUT2D eigenvalue weighted by atomic mass is 9.65. The summed E-state index contributed by atoms with van der Waals surface area (Å²) < 4.78 is 0. The molecule has 0 N–H and O–H groups in total. The molecule has 0 aromatic heterocycles. The molecule has 0 unspecified atom stereocenters. The van der Waals surface area contributed by atoms with E-state index in [1.165, 1.54) is 86.3 Å². The van der Waals surface area contributed by atoms with Crippen LogP contribution in [-0.2, 0) is 18.3 Å². The molecule has 2 nitrogen and oxygen atoms in total. The topological polar surface area (TPSA) is 6.48 Å². The zero-order valence-electron chi connectivity index (χ0n) is 38.2. The molecule has 1 aliphatic rings. The quantitative estimate of drug-likeness (QED) is 0.108. The van der Waals surface area contributed by atoms with Gasteiger partial charge in [-0.2, -0.15) is 0 Å². The number of anilines is 6. The molecule has 0 saturated heterocycles. The van der Waals surface area contributed by atoms with Crippen LogP contribution in [0.5, 0.6) is 0 Å². The fraction of sp³-hybridized carbons (Fsp3) is 0.226. The Kier molecular flexibility index (Phi) is 12.9. The molecule has 320 valence electrons. The zero-order valence-corrected chi connectivity index (χ0v) is 38.2. The minimum Gasteiger partial charge on any atom is -0.311 e. The third kappa shape index (κ3) is 8.93. The third-order valence-corrected chi connectivity index (χ3v) is 13.6. The summed E-state index contributed by atoms with van der Waals surface area (Å²) in [6, 6.07) is 73.0. The molecule has 1 aliphatic carbocycles. The van der Waals surface area contributed by atoms with Crippen LogP contribution in [-0.4, -0.2) is 0 Å². The number of rotatable bonds is 14. The Bertz CT molecular complexity index is 2550. The third-order valence-electron chi connectivity index (χ3n) is 13.6. The summed E-state index contributed by atoms with van der Waals surface area (Å²) in [7, 11) is 0. The van der Waals surface area contributed by atoms with E-state index in [1.807, 2.05) is 0 Å². The van der Waals surface area contributed by atoms with Gasteiger partial charge in [0.25, 0.3) is 0 Å². The van der Waals surface area contributed by atoms with Crippen molar-refractivity contribution in [3.8, 4) is 22.3 Å². The van der Waals surface area contributed by atoms with Gasteiger partial charge in [-0.3, -0.25) is 0 Å². The summed E-state index contributed by atoms with van der Waals surface area (Å²) in [6.45, 7) is 8.83. The SMILES string of the molecule is CCCc1ccccc1-c1ccc(N(c2ccc(C)cc2)c2ccc(C3(c4ccc(N(c5ccc(C)cc5)c5ccc(-c6ccccc6CCC)cc5)cc4)CCCCC3)cc2)cc1. The van der Waals surface area contributed by atoms with Gasteiger partial charge in [0, 0.05) is 39.5 Å². The molecule has 0 heterocycles. The molecular formula is C62H62N2. The first kappa shape index (κ1) is 42.7. The van der Waals surface area contributed by atoms with Gasteiger partial charge in [0.1, 0.15) is 0 Å². The molecule has 0 aliphatic heterocycles. The highest BCUT2D eigenvalue weighted by atomic mass is 15.1. The summed E-state index contributed by atoms with van der Waals surface area (Å²) in [5.74, 6) is 0. The average molecular weight is 835 g/mol. The van der Waals surface area contributed by atoms with Crippen molar-refractivity contribution in [2.75, 3.05) is 9.80 Å². The molecule has 0 radical (unpaired) electrons. The number of hydrogen-bond donors (Lipinski definition) is 0. The Balaban J connectivity index is 1.04. The lowest BCUT2D eigenvalue weighted by Gasteiger charge is -2.39. The molecule has 9 rings (SSSR count). The van der Waals surface area contributed by atoms with Crippen LogP contribution < -0.4 is 9.80 Å². The van der Waals surface area contributed by atoms with E-state index in [0.717, 1.165) is 61.3 Å². The Morgan fingerprint density at radius 3 is 1.02 bits per heavy atom. The summed E-state index contributed by atoms with van der Waals surface area (Å²) in [6.07, 6.45) is 10.5. The van der Waals surface area contributed by atoms with Crippen LogP contribution in [0, 0.1) is 13.8 Å². The van der Waals surface area contributed by atoms with Gasteiger partial charge in [-0.15, -0.1) is 0 Å². The van der Waals surface area contributed by atoms with E-state index in [-0.39, 0.29) is 5.41 Å². The van der Waals surface area contributed by atoms with Gasteiger partial charge in [0.2, 0.25) is 0 Å². The van der Waals surface area contributed by atoms with E-state index in [9.17, 15) is 0 Å². The smallest absolute Gasteiger partial charge is 0.0462 e. The normalized spacial score (nSPS) is 13.4. The van der Waals surface area contributed by atoms with Crippen LogP contribution in [0.3, 0.4) is 0 Å². The monoisotopic (exact) mass is 834 g/mol. The fourth-order valence-electron chi connectivity index (χ4n) is 10.2. The first-order valence-electron chi connectivity index (χ1n) is 23.8. The van der Waals surface area contributed by atoms with Crippen molar-refractivity contribution in [1.29, 1.82) is 0 Å². The second kappa shape index (κ2) is 19.4. The van der Waals surface area contributed by atoms with Gasteiger partial charge in [-0.25, -0.2) is 0 Å². The van der Waals surface area contributed by atoms with Gasteiger partial charge in [0.05, 0.1) is 0 Å². The maximum atomic E-state index is 2.42. The van der Waals surface area contributed by atoms with Crippen molar-refractivity contribution in [1.82, 2.24) is 0 Å². The van der Waals surface area contributed by atoms with Crippen molar-refractivity contribution in [2.24, 2.45) is 0 Å². The predicted octanol–water partition coefficient (Wildman–Crippen LogP) is 17.7. The molecule has 0 atom stereocenters. The Morgan fingerprint density at radius 1 is 0.359 bits per heavy atom. The van der Waals surface area contributed by atoms with E-state index < -0.39 is 0 Å². The first-order chi connectivity index (χ1) is 31.4. The van der Waals surface area contributed by atoms with E-state index in [0.29, 0.717) is 0 Å². The standard InChI is InChI=1S/C62H62N2/c1-5-14-48-16-8-10-18-60(48)50-24-36-56(37-25-50)63(54-32-20-46(3)21-33-54)58-40-28-52(29-41-58)62(44-12-7-13-45-62)53-30-42-59(43-31-53)64(55-34-22-47(4)23-35-55)57-38-26-51(27-39-57)61-19-11-9-17-49(61)15-6-2/h8-11,16-43H,5-7,12-15,44-45H2,1-4H3. The van der Waals surface area contributed by atoms with Gasteiger partial charge < -0.3 is 9.80 Å². The first-order valence-corrected chi connectivity index (χ1v) is 23.8. The molecule has 8 aromatic carbocycles. The highest BCUT2D eigenvalue weighted by Gasteiger charge is 2.36.